The highest BCUT2D eigenvalue weighted by atomic mass is 35.5. The Morgan fingerprint density at radius 1 is 0.905 bits per heavy atom. The molecule has 0 saturated carbocycles. The van der Waals surface area contributed by atoms with Gasteiger partial charge in [0, 0.05) is 44.8 Å². The maximum Gasteiger partial charge on any atom is 0.303 e. The lowest BCUT2D eigenvalue weighted by Gasteiger charge is -2.44. The average Bonchev–Trinajstić information content (AvgIpc) is 3.30. The van der Waals surface area contributed by atoms with Gasteiger partial charge in [-0.1, -0.05) is 29.8 Å². The van der Waals surface area contributed by atoms with Crippen LogP contribution in [0.4, 0.5) is 4.39 Å². The lowest BCUT2D eigenvalue weighted by atomic mass is 9.97. The molecule has 2 heterocycles. The topological polar surface area (TPSA) is 140 Å². The van der Waals surface area contributed by atoms with Crippen LogP contribution in [0, 0.1) is 5.82 Å². The van der Waals surface area contributed by atoms with E-state index in [1.165, 1.54) is 42.0 Å². The van der Waals surface area contributed by atoms with Crippen LogP contribution in [0.2, 0.25) is 5.02 Å². The van der Waals surface area contributed by atoms with E-state index in [1.54, 1.807) is 18.2 Å². The Balaban J connectivity index is 1.91. The molecular weight excluding hydrogens is 577 g/mol. The molecule has 2 aromatic carbocycles. The highest BCUT2D eigenvalue weighted by molar-refractivity contribution is 6.35. The van der Waals surface area contributed by atoms with E-state index < -0.39 is 73.0 Å². The largest absolute Gasteiger partial charge is 0.463 e. The number of ether oxygens (including phenoxy) is 5. The number of halogens is 2. The first-order chi connectivity index (χ1) is 19.9. The van der Waals surface area contributed by atoms with Crippen LogP contribution in [0.25, 0.3) is 10.9 Å². The summed E-state index contributed by atoms with van der Waals surface area (Å²) in [6.07, 6.45) is -6.29. The number of esters is 4. The number of hydrogen-bond donors (Lipinski definition) is 1. The minimum absolute atomic E-state index is 0.271. The predicted molar refractivity (Wildman–Crippen MR) is 145 cm³/mol. The van der Waals surface area contributed by atoms with Gasteiger partial charge >= 0.3 is 23.9 Å². The first-order valence-electron chi connectivity index (χ1n) is 12.9. The zero-order chi connectivity index (χ0) is 30.7. The molecule has 1 aromatic heterocycles. The molecule has 0 aliphatic carbocycles. The summed E-state index contributed by atoms with van der Waals surface area (Å²) in [6.45, 7) is 4.17. The average molecular weight is 606 g/mol. The molecule has 1 unspecified atom stereocenters. The zero-order valence-electron chi connectivity index (χ0n) is 23.1. The third kappa shape index (κ3) is 6.72. The molecule has 0 bridgehead atoms. The summed E-state index contributed by atoms with van der Waals surface area (Å²) in [5.74, 6) is -3.41. The molecular formula is C29H29ClFNO10. The quantitative estimate of drug-likeness (QED) is 0.298. The molecule has 1 saturated heterocycles. The van der Waals surface area contributed by atoms with Crippen molar-refractivity contribution in [3.05, 3.63) is 70.6 Å². The van der Waals surface area contributed by atoms with E-state index in [2.05, 4.69) is 0 Å². The van der Waals surface area contributed by atoms with Gasteiger partial charge in [-0.15, -0.1) is 0 Å². The fourth-order valence-electron chi connectivity index (χ4n) is 4.97. The predicted octanol–water partition coefficient (Wildman–Crippen LogP) is 3.77. The summed E-state index contributed by atoms with van der Waals surface area (Å²) < 4.78 is 43.1. The van der Waals surface area contributed by atoms with Gasteiger partial charge in [-0.05, 0) is 29.8 Å². The van der Waals surface area contributed by atoms with Crippen molar-refractivity contribution in [2.24, 2.45) is 0 Å². The van der Waals surface area contributed by atoms with Crippen molar-refractivity contribution in [2.75, 3.05) is 6.61 Å². The SMILES string of the molecule is CC(=O)OC[C@H]1O[C@@H](n2cc(C(O)c3ccc(F)cc3)c3c(Cl)cccc32)[C@H](OC(C)=O)[C@@H](OC(C)=O)[C@@H]1OC(C)=O. The van der Waals surface area contributed by atoms with Crippen molar-refractivity contribution in [1.29, 1.82) is 0 Å². The van der Waals surface area contributed by atoms with Gasteiger partial charge in [-0.25, -0.2) is 4.39 Å². The van der Waals surface area contributed by atoms with Gasteiger partial charge < -0.3 is 33.4 Å². The Morgan fingerprint density at radius 2 is 1.50 bits per heavy atom. The van der Waals surface area contributed by atoms with Crippen LogP contribution >= 0.6 is 11.6 Å². The van der Waals surface area contributed by atoms with E-state index >= 15 is 0 Å². The van der Waals surface area contributed by atoms with Crippen molar-refractivity contribution in [1.82, 2.24) is 4.57 Å². The summed E-state index contributed by atoms with van der Waals surface area (Å²) in [6, 6.07) is 10.2. The summed E-state index contributed by atoms with van der Waals surface area (Å²) in [7, 11) is 0. The second-order valence-electron chi connectivity index (χ2n) is 9.67. The van der Waals surface area contributed by atoms with Crippen LogP contribution in [-0.4, -0.2) is 64.6 Å². The normalized spacial score (nSPS) is 22.7. The molecule has 1 aliphatic heterocycles. The molecule has 0 radical (unpaired) electrons. The molecule has 1 aliphatic rings. The number of hydrogen-bond acceptors (Lipinski definition) is 10. The van der Waals surface area contributed by atoms with E-state index in [9.17, 15) is 28.7 Å². The fraction of sp³-hybridized carbons (Fsp3) is 0.379. The van der Waals surface area contributed by atoms with Crippen molar-refractivity contribution in [3.8, 4) is 0 Å². The van der Waals surface area contributed by atoms with Gasteiger partial charge in [-0.3, -0.25) is 19.2 Å². The fourth-order valence-corrected chi connectivity index (χ4v) is 5.25. The van der Waals surface area contributed by atoms with E-state index in [4.69, 9.17) is 35.3 Å². The summed E-state index contributed by atoms with van der Waals surface area (Å²) in [5.41, 5.74) is 1.12. The highest BCUT2D eigenvalue weighted by Crippen LogP contribution is 2.41. The number of carbonyl (C=O) groups excluding carboxylic acids is 4. The van der Waals surface area contributed by atoms with Crippen molar-refractivity contribution in [3.63, 3.8) is 0 Å². The number of aliphatic hydroxyl groups is 1. The maximum atomic E-state index is 13.6. The van der Waals surface area contributed by atoms with Gasteiger partial charge in [0.25, 0.3) is 0 Å². The first-order valence-corrected chi connectivity index (χ1v) is 13.3. The summed E-state index contributed by atoms with van der Waals surface area (Å²) in [4.78, 5) is 48.2. The second kappa shape index (κ2) is 12.9. The molecule has 224 valence electrons. The van der Waals surface area contributed by atoms with Crippen molar-refractivity contribution < 1.29 is 52.4 Å². The third-order valence-corrected chi connectivity index (χ3v) is 6.87. The molecule has 0 spiro atoms. The Morgan fingerprint density at radius 3 is 2.10 bits per heavy atom. The molecule has 1 N–H and O–H groups in total. The highest BCUT2D eigenvalue weighted by Gasteiger charge is 2.53. The minimum atomic E-state index is -1.39. The van der Waals surface area contributed by atoms with Crippen LogP contribution in [0.15, 0.2) is 48.7 Å². The Hall–Kier alpha value is -4.00. The lowest BCUT2D eigenvalue weighted by Crippen LogP contribution is -2.60. The van der Waals surface area contributed by atoms with Crippen molar-refractivity contribution in [2.45, 2.75) is 64.4 Å². The van der Waals surface area contributed by atoms with Crippen LogP contribution < -0.4 is 0 Å². The zero-order valence-corrected chi connectivity index (χ0v) is 23.9. The number of aliphatic hydroxyl groups excluding tert-OH is 1. The number of fused-ring (bicyclic) bond motifs is 1. The van der Waals surface area contributed by atoms with Gasteiger partial charge in [0.15, 0.2) is 24.5 Å². The Kier molecular flexibility index (Phi) is 9.50. The lowest BCUT2D eigenvalue weighted by molar-refractivity contribution is -0.267. The number of aromatic nitrogens is 1. The van der Waals surface area contributed by atoms with E-state index in [-0.39, 0.29) is 5.02 Å². The summed E-state index contributed by atoms with van der Waals surface area (Å²) in [5, 5.41) is 12.0. The van der Waals surface area contributed by atoms with E-state index in [0.29, 0.717) is 22.0 Å². The van der Waals surface area contributed by atoms with E-state index in [1.807, 2.05) is 0 Å². The molecule has 11 nitrogen and oxygen atoms in total. The van der Waals surface area contributed by atoms with Gasteiger partial charge in [-0.2, -0.15) is 0 Å². The van der Waals surface area contributed by atoms with Crippen molar-refractivity contribution >= 4 is 46.4 Å². The summed E-state index contributed by atoms with van der Waals surface area (Å²) >= 11 is 6.59. The first kappa shape index (κ1) is 30.9. The number of rotatable bonds is 8. The molecule has 42 heavy (non-hydrogen) atoms. The number of carbonyl (C=O) groups is 4. The molecule has 1 fully saturated rings. The van der Waals surface area contributed by atoms with Gasteiger partial charge in [0.1, 0.15) is 24.6 Å². The van der Waals surface area contributed by atoms with Crippen LogP contribution in [0.3, 0.4) is 0 Å². The molecule has 13 heteroatoms. The number of nitrogens with zero attached hydrogens (tertiary/aromatic N) is 1. The second-order valence-corrected chi connectivity index (χ2v) is 10.1. The standard InChI is InChI=1S/C29H29ClFNO10/c1-14(33)38-13-23-26(39-15(2)34)27(40-16(3)35)28(41-17(4)36)29(42-23)32-12-20(24-21(30)6-5-7-22(24)32)25(37)18-8-10-19(31)11-9-18/h5-12,23,25-29,37H,13H2,1-4H3/t23-,25?,26-,27+,28-,29-/m1/s1. The molecule has 3 aromatic rings. The van der Waals surface area contributed by atoms with Crippen LogP contribution in [-0.2, 0) is 42.9 Å². The van der Waals surface area contributed by atoms with E-state index in [0.717, 1.165) is 20.8 Å². The monoisotopic (exact) mass is 605 g/mol. The van der Waals surface area contributed by atoms with Crippen LogP contribution in [0.1, 0.15) is 51.2 Å². The van der Waals surface area contributed by atoms with Gasteiger partial charge in [0.2, 0.25) is 0 Å². The number of benzene rings is 2. The smallest absolute Gasteiger partial charge is 0.303 e. The van der Waals surface area contributed by atoms with Gasteiger partial charge in [0.05, 0.1) is 10.5 Å². The molecule has 0 amide bonds. The molecule has 4 rings (SSSR count). The third-order valence-electron chi connectivity index (χ3n) is 6.56. The Labute approximate surface area is 245 Å². The Bertz CT molecular complexity index is 1490. The molecule has 6 atom stereocenters. The maximum absolute atomic E-state index is 13.6. The van der Waals surface area contributed by atoms with Crippen LogP contribution in [0.5, 0.6) is 0 Å². The minimum Gasteiger partial charge on any atom is -0.463 e.